The van der Waals surface area contributed by atoms with Crippen LogP contribution in [0.2, 0.25) is 15.1 Å². The summed E-state index contributed by atoms with van der Waals surface area (Å²) in [5.74, 6) is 0. The number of aliphatic hydroxyl groups is 2. The summed E-state index contributed by atoms with van der Waals surface area (Å²) in [5.41, 5.74) is 1.42. The van der Waals surface area contributed by atoms with Crippen LogP contribution in [0.3, 0.4) is 0 Å². The topological polar surface area (TPSA) is 40.5 Å². The lowest BCUT2D eigenvalue weighted by atomic mass is 10.1. The van der Waals surface area contributed by atoms with Crippen LogP contribution in [-0.4, -0.2) is 10.2 Å². The first-order chi connectivity index (χ1) is 6.54. The first-order valence-corrected chi connectivity index (χ1v) is 5.04. The van der Waals surface area contributed by atoms with Gasteiger partial charge in [-0.1, -0.05) is 34.8 Å². The lowest BCUT2D eigenvalue weighted by Crippen LogP contribution is -1.98. The smallest absolute Gasteiger partial charge is 0.0711 e. The molecule has 1 aromatic carbocycles. The Balaban J connectivity index is 3.56. The molecule has 0 heterocycles. The first-order valence-electron chi connectivity index (χ1n) is 3.91. The number of benzene rings is 1. The molecule has 0 fully saturated rings. The predicted octanol–water partition coefficient (Wildman–Crippen LogP) is 2.94. The molecule has 2 nitrogen and oxygen atoms in total. The number of rotatable bonds is 2. The van der Waals surface area contributed by atoms with Crippen molar-refractivity contribution in [1.82, 2.24) is 0 Å². The van der Waals surface area contributed by atoms with E-state index < -0.39 is 0 Å². The molecule has 1 rings (SSSR count). The van der Waals surface area contributed by atoms with Crippen molar-refractivity contribution in [3.63, 3.8) is 0 Å². The molecule has 0 spiro atoms. The predicted molar refractivity (Wildman–Crippen MR) is 58.1 cm³/mol. The lowest BCUT2D eigenvalue weighted by molar-refractivity contribution is 0.275. The second-order valence-corrected chi connectivity index (χ2v) is 3.97. The molecule has 0 amide bonds. The molecule has 2 N–H and O–H groups in total. The molecule has 0 aromatic heterocycles. The molecule has 5 heteroatoms. The van der Waals surface area contributed by atoms with E-state index in [4.69, 9.17) is 45.0 Å². The molecule has 0 saturated carbocycles. The van der Waals surface area contributed by atoms with Gasteiger partial charge in [-0.05, 0) is 12.5 Å². The van der Waals surface area contributed by atoms with Crippen LogP contribution in [-0.2, 0) is 13.2 Å². The van der Waals surface area contributed by atoms with E-state index >= 15 is 0 Å². The van der Waals surface area contributed by atoms with E-state index in [0.29, 0.717) is 26.7 Å². The highest BCUT2D eigenvalue weighted by molar-refractivity contribution is 6.41. The largest absolute Gasteiger partial charge is 0.392 e. The molecule has 0 bridgehead atoms. The summed E-state index contributed by atoms with van der Waals surface area (Å²) in [4.78, 5) is 0. The second kappa shape index (κ2) is 4.69. The number of hydrogen-bond acceptors (Lipinski definition) is 2. The third-order valence-electron chi connectivity index (χ3n) is 2.03. The molecule has 0 atom stereocenters. The van der Waals surface area contributed by atoms with Gasteiger partial charge in [-0.3, -0.25) is 0 Å². The Morgan fingerprint density at radius 3 is 1.50 bits per heavy atom. The minimum Gasteiger partial charge on any atom is -0.392 e. The van der Waals surface area contributed by atoms with Crippen molar-refractivity contribution >= 4 is 34.8 Å². The van der Waals surface area contributed by atoms with Gasteiger partial charge in [0.05, 0.1) is 28.3 Å². The van der Waals surface area contributed by atoms with Gasteiger partial charge in [0.15, 0.2) is 0 Å². The maximum atomic E-state index is 9.04. The average Bonchev–Trinajstić information content (AvgIpc) is 2.16. The second-order valence-electron chi connectivity index (χ2n) is 2.84. The summed E-state index contributed by atoms with van der Waals surface area (Å²) in [7, 11) is 0. The summed E-state index contributed by atoms with van der Waals surface area (Å²) in [5, 5.41) is 19.0. The van der Waals surface area contributed by atoms with Crippen LogP contribution in [0.4, 0.5) is 0 Å². The standard InChI is InChI=1S/C9H9Cl3O2/c1-4-7(10)5(2-13)9(12)6(3-14)8(4)11/h13-14H,2-3H2,1H3. The third kappa shape index (κ3) is 1.86. The lowest BCUT2D eigenvalue weighted by Gasteiger charge is -2.13. The Labute approximate surface area is 97.0 Å². The summed E-state index contributed by atoms with van der Waals surface area (Å²) in [6.07, 6.45) is 0. The monoisotopic (exact) mass is 254 g/mol. The van der Waals surface area contributed by atoms with Crippen molar-refractivity contribution in [1.29, 1.82) is 0 Å². The van der Waals surface area contributed by atoms with Crippen LogP contribution in [0.5, 0.6) is 0 Å². The van der Waals surface area contributed by atoms with Crippen LogP contribution in [0.25, 0.3) is 0 Å². The number of hydrogen-bond donors (Lipinski definition) is 2. The fraction of sp³-hybridized carbons (Fsp3) is 0.333. The van der Waals surface area contributed by atoms with Gasteiger partial charge in [0, 0.05) is 11.1 Å². The Hall–Kier alpha value is 0.01000. The zero-order valence-corrected chi connectivity index (χ0v) is 9.71. The number of aliphatic hydroxyl groups excluding tert-OH is 2. The van der Waals surface area contributed by atoms with Gasteiger partial charge in [0.1, 0.15) is 0 Å². The van der Waals surface area contributed by atoms with Crippen molar-refractivity contribution in [3.8, 4) is 0 Å². The van der Waals surface area contributed by atoms with Gasteiger partial charge in [0.25, 0.3) is 0 Å². The molecule has 0 saturated heterocycles. The van der Waals surface area contributed by atoms with Crippen LogP contribution in [0, 0.1) is 6.92 Å². The molecule has 78 valence electrons. The molecule has 0 unspecified atom stereocenters. The summed E-state index contributed by atoms with van der Waals surface area (Å²) in [6, 6.07) is 0. The van der Waals surface area contributed by atoms with E-state index in [2.05, 4.69) is 0 Å². The normalized spacial score (nSPS) is 10.7. The average molecular weight is 256 g/mol. The zero-order chi connectivity index (χ0) is 10.9. The Bertz CT molecular complexity index is 333. The molecule has 1 aromatic rings. The highest BCUT2D eigenvalue weighted by atomic mass is 35.5. The molecule has 0 radical (unpaired) electrons. The van der Waals surface area contributed by atoms with Crippen LogP contribution in [0.15, 0.2) is 0 Å². The molecular formula is C9H9Cl3O2. The van der Waals surface area contributed by atoms with Crippen molar-refractivity contribution in [2.45, 2.75) is 20.1 Å². The van der Waals surface area contributed by atoms with Crippen molar-refractivity contribution in [2.24, 2.45) is 0 Å². The molecule has 0 aliphatic carbocycles. The first kappa shape index (κ1) is 12.1. The third-order valence-corrected chi connectivity index (χ3v) is 3.51. The highest BCUT2D eigenvalue weighted by Crippen LogP contribution is 2.37. The van der Waals surface area contributed by atoms with E-state index in [-0.39, 0.29) is 18.2 Å². The maximum absolute atomic E-state index is 9.04. The van der Waals surface area contributed by atoms with E-state index in [1.165, 1.54) is 0 Å². The Morgan fingerprint density at radius 1 is 0.857 bits per heavy atom. The maximum Gasteiger partial charge on any atom is 0.0711 e. The van der Waals surface area contributed by atoms with E-state index in [1.54, 1.807) is 6.92 Å². The van der Waals surface area contributed by atoms with Crippen molar-refractivity contribution in [3.05, 3.63) is 31.8 Å². The van der Waals surface area contributed by atoms with Gasteiger partial charge in [-0.25, -0.2) is 0 Å². The van der Waals surface area contributed by atoms with Crippen molar-refractivity contribution < 1.29 is 10.2 Å². The van der Waals surface area contributed by atoms with E-state index in [9.17, 15) is 0 Å². The fourth-order valence-corrected chi connectivity index (χ4v) is 2.15. The van der Waals surface area contributed by atoms with Crippen molar-refractivity contribution in [2.75, 3.05) is 0 Å². The fourth-order valence-electron chi connectivity index (χ4n) is 1.20. The zero-order valence-electron chi connectivity index (χ0n) is 7.44. The van der Waals surface area contributed by atoms with E-state index in [0.717, 1.165) is 0 Å². The van der Waals surface area contributed by atoms with E-state index in [1.807, 2.05) is 0 Å². The molecule has 0 aliphatic rings. The van der Waals surface area contributed by atoms with Crippen LogP contribution in [0.1, 0.15) is 16.7 Å². The minimum atomic E-state index is -0.275. The van der Waals surface area contributed by atoms with Gasteiger partial charge in [0.2, 0.25) is 0 Å². The molecule has 0 aliphatic heterocycles. The summed E-state index contributed by atoms with van der Waals surface area (Å²) < 4.78 is 0. The minimum absolute atomic E-state index is 0.232. The SMILES string of the molecule is Cc1c(Cl)c(CO)c(Cl)c(CO)c1Cl. The Morgan fingerprint density at radius 2 is 1.21 bits per heavy atom. The summed E-state index contributed by atoms with van der Waals surface area (Å²) in [6.45, 7) is 1.16. The quantitative estimate of drug-likeness (QED) is 0.853. The molecular weight excluding hydrogens is 246 g/mol. The van der Waals surface area contributed by atoms with Crippen LogP contribution < -0.4 is 0 Å². The van der Waals surface area contributed by atoms with Gasteiger partial charge in [-0.2, -0.15) is 0 Å². The Kier molecular flexibility index (Phi) is 4.04. The highest BCUT2D eigenvalue weighted by Gasteiger charge is 2.17. The van der Waals surface area contributed by atoms with Gasteiger partial charge >= 0.3 is 0 Å². The molecule has 14 heavy (non-hydrogen) atoms. The van der Waals surface area contributed by atoms with Crippen LogP contribution >= 0.6 is 34.8 Å². The van der Waals surface area contributed by atoms with Gasteiger partial charge in [-0.15, -0.1) is 0 Å². The summed E-state index contributed by atoms with van der Waals surface area (Å²) >= 11 is 17.7. The van der Waals surface area contributed by atoms with Gasteiger partial charge < -0.3 is 10.2 Å². The number of halogens is 3.